The molecule has 0 radical (unpaired) electrons. The molecule has 0 saturated carbocycles. The van der Waals surface area contributed by atoms with E-state index >= 15 is 0 Å². The molecule has 0 aromatic carbocycles. The van der Waals surface area contributed by atoms with E-state index in [1.54, 1.807) is 0 Å². The van der Waals surface area contributed by atoms with Crippen LogP contribution in [0.4, 0.5) is 0 Å². The second-order valence-corrected chi connectivity index (χ2v) is 7.32. The minimum atomic E-state index is -0.0374. The summed E-state index contributed by atoms with van der Waals surface area (Å²) in [5, 5.41) is 3.16. The van der Waals surface area contributed by atoms with Gasteiger partial charge in [0.05, 0.1) is 5.92 Å². The minimum Gasteiger partial charge on any atom is -0.353 e. The van der Waals surface area contributed by atoms with Crippen LogP contribution in [0.15, 0.2) is 0 Å². The lowest BCUT2D eigenvalue weighted by molar-refractivity contribution is -0.126. The molecule has 0 aliphatic carbocycles. The molecule has 0 aromatic heterocycles. The lowest BCUT2D eigenvalue weighted by atomic mass is 9.84. The van der Waals surface area contributed by atoms with Gasteiger partial charge in [0.25, 0.3) is 0 Å². The summed E-state index contributed by atoms with van der Waals surface area (Å²) in [6.07, 6.45) is 3.06. The van der Waals surface area contributed by atoms with Crippen LogP contribution in [0.1, 0.15) is 40.0 Å². The van der Waals surface area contributed by atoms with E-state index in [0.717, 1.165) is 30.8 Å². The summed E-state index contributed by atoms with van der Waals surface area (Å²) in [7, 11) is 0. The maximum absolute atomic E-state index is 12.1. The van der Waals surface area contributed by atoms with E-state index in [4.69, 9.17) is 5.73 Å². The third-order valence-electron chi connectivity index (χ3n) is 3.08. The summed E-state index contributed by atoms with van der Waals surface area (Å²) in [5.74, 6) is 2.44. The first kappa shape index (κ1) is 14.8. The van der Waals surface area contributed by atoms with E-state index in [1.165, 1.54) is 0 Å². The minimum absolute atomic E-state index is 0.0374. The lowest BCUT2D eigenvalue weighted by Gasteiger charge is -2.28. The Kier molecular flexibility index (Phi) is 5.80. The maximum Gasteiger partial charge on any atom is 0.224 e. The normalized spacial score (nSPS) is 20.0. The Morgan fingerprint density at radius 3 is 2.47 bits per heavy atom. The molecule has 1 saturated heterocycles. The Bertz CT molecular complexity index is 244. The highest BCUT2D eigenvalue weighted by molar-refractivity contribution is 7.99. The van der Waals surface area contributed by atoms with Crippen molar-refractivity contribution in [3.05, 3.63) is 0 Å². The van der Waals surface area contributed by atoms with Crippen LogP contribution >= 0.6 is 11.8 Å². The van der Waals surface area contributed by atoms with Crippen LogP contribution in [0.2, 0.25) is 0 Å². The SMILES string of the molecule is CC(C)(C)CC(CN)C(=O)NC1CCSCC1. The molecule has 1 rings (SSSR count). The van der Waals surface area contributed by atoms with Gasteiger partial charge in [-0.1, -0.05) is 20.8 Å². The summed E-state index contributed by atoms with van der Waals surface area (Å²) in [6, 6.07) is 0.373. The van der Waals surface area contributed by atoms with Gasteiger partial charge >= 0.3 is 0 Å². The fourth-order valence-electron chi connectivity index (χ4n) is 2.18. The van der Waals surface area contributed by atoms with Crippen molar-refractivity contribution < 1.29 is 4.79 Å². The Morgan fingerprint density at radius 1 is 1.41 bits per heavy atom. The average molecular weight is 258 g/mol. The van der Waals surface area contributed by atoms with E-state index in [-0.39, 0.29) is 17.2 Å². The van der Waals surface area contributed by atoms with E-state index < -0.39 is 0 Å². The van der Waals surface area contributed by atoms with Crippen molar-refractivity contribution in [3.63, 3.8) is 0 Å². The maximum atomic E-state index is 12.1. The molecule has 17 heavy (non-hydrogen) atoms. The van der Waals surface area contributed by atoms with Gasteiger partial charge in [-0.2, -0.15) is 11.8 Å². The van der Waals surface area contributed by atoms with Crippen molar-refractivity contribution in [2.75, 3.05) is 18.1 Å². The van der Waals surface area contributed by atoms with Crippen LogP contribution in [0.5, 0.6) is 0 Å². The van der Waals surface area contributed by atoms with Crippen LogP contribution in [0.25, 0.3) is 0 Å². The van der Waals surface area contributed by atoms with Gasteiger partial charge < -0.3 is 11.1 Å². The molecular weight excluding hydrogens is 232 g/mol. The van der Waals surface area contributed by atoms with E-state index in [2.05, 4.69) is 26.1 Å². The molecule has 0 aromatic rings. The molecule has 100 valence electrons. The fraction of sp³-hybridized carbons (Fsp3) is 0.923. The summed E-state index contributed by atoms with van der Waals surface area (Å²) in [5.41, 5.74) is 5.88. The molecule has 1 aliphatic rings. The third-order valence-corrected chi connectivity index (χ3v) is 4.13. The predicted molar refractivity (Wildman–Crippen MR) is 75.1 cm³/mol. The molecule has 0 spiro atoms. The largest absolute Gasteiger partial charge is 0.353 e. The van der Waals surface area contributed by atoms with Crippen molar-refractivity contribution >= 4 is 17.7 Å². The number of thioether (sulfide) groups is 1. The van der Waals surface area contributed by atoms with Crippen LogP contribution in [-0.2, 0) is 4.79 Å². The molecule has 1 unspecified atom stereocenters. The van der Waals surface area contributed by atoms with Gasteiger partial charge in [-0.15, -0.1) is 0 Å². The van der Waals surface area contributed by atoms with Crippen molar-refractivity contribution in [2.24, 2.45) is 17.1 Å². The van der Waals surface area contributed by atoms with E-state index in [0.29, 0.717) is 12.6 Å². The van der Waals surface area contributed by atoms with Crippen LogP contribution in [0.3, 0.4) is 0 Å². The van der Waals surface area contributed by atoms with Gasteiger partial charge in [0.2, 0.25) is 5.91 Å². The van der Waals surface area contributed by atoms with Crippen LogP contribution in [-0.4, -0.2) is 30.0 Å². The zero-order valence-electron chi connectivity index (χ0n) is 11.3. The number of carbonyl (C=O) groups is 1. The summed E-state index contributed by atoms with van der Waals surface area (Å²) in [4.78, 5) is 12.1. The van der Waals surface area contributed by atoms with Crippen molar-refractivity contribution in [3.8, 4) is 0 Å². The fourth-order valence-corrected chi connectivity index (χ4v) is 3.29. The van der Waals surface area contributed by atoms with Crippen molar-refractivity contribution in [1.29, 1.82) is 0 Å². The molecule has 1 aliphatic heterocycles. The monoisotopic (exact) mass is 258 g/mol. The molecule has 1 fully saturated rings. The smallest absolute Gasteiger partial charge is 0.224 e. The second-order valence-electron chi connectivity index (χ2n) is 6.09. The summed E-state index contributed by atoms with van der Waals surface area (Å²) >= 11 is 1.97. The number of hydrogen-bond donors (Lipinski definition) is 2. The molecule has 4 heteroatoms. The van der Waals surface area contributed by atoms with Crippen LogP contribution < -0.4 is 11.1 Å². The van der Waals surface area contributed by atoms with Gasteiger partial charge in [-0.25, -0.2) is 0 Å². The van der Waals surface area contributed by atoms with E-state index in [1.807, 2.05) is 11.8 Å². The number of amides is 1. The van der Waals surface area contributed by atoms with Crippen molar-refractivity contribution in [2.45, 2.75) is 46.1 Å². The molecular formula is C13H26N2OS. The summed E-state index contributed by atoms with van der Waals surface area (Å²) in [6.45, 7) is 6.91. The van der Waals surface area contributed by atoms with Gasteiger partial charge in [0, 0.05) is 12.6 Å². The molecule has 1 amide bonds. The molecule has 3 nitrogen and oxygen atoms in total. The Balaban J connectivity index is 2.42. The number of carbonyl (C=O) groups excluding carboxylic acids is 1. The third kappa shape index (κ3) is 5.77. The molecule has 1 heterocycles. The standard InChI is InChI=1S/C13H26N2OS/c1-13(2,3)8-10(9-14)12(16)15-11-4-6-17-7-5-11/h10-11H,4-9,14H2,1-3H3,(H,15,16). The number of nitrogens with one attached hydrogen (secondary N) is 1. The predicted octanol–water partition coefficient (Wildman–Crippen LogP) is 2.01. The first-order chi connectivity index (χ1) is 7.92. The molecule has 3 N–H and O–H groups in total. The first-order valence-electron chi connectivity index (χ1n) is 6.50. The zero-order chi connectivity index (χ0) is 12.9. The number of rotatable bonds is 4. The quantitative estimate of drug-likeness (QED) is 0.811. The van der Waals surface area contributed by atoms with Gasteiger partial charge in [0.15, 0.2) is 0 Å². The number of nitrogens with two attached hydrogens (primary N) is 1. The highest BCUT2D eigenvalue weighted by Gasteiger charge is 2.25. The van der Waals surface area contributed by atoms with Gasteiger partial charge in [-0.05, 0) is 36.2 Å². The Morgan fingerprint density at radius 2 is 2.00 bits per heavy atom. The van der Waals surface area contributed by atoms with Crippen LogP contribution in [0, 0.1) is 11.3 Å². The first-order valence-corrected chi connectivity index (χ1v) is 7.66. The topological polar surface area (TPSA) is 55.1 Å². The number of hydrogen-bond acceptors (Lipinski definition) is 3. The second kappa shape index (κ2) is 6.64. The molecule has 1 atom stereocenters. The highest BCUT2D eigenvalue weighted by Crippen LogP contribution is 2.24. The zero-order valence-corrected chi connectivity index (χ0v) is 12.1. The highest BCUT2D eigenvalue weighted by atomic mass is 32.2. The molecule has 0 bridgehead atoms. The summed E-state index contributed by atoms with van der Waals surface area (Å²) < 4.78 is 0. The van der Waals surface area contributed by atoms with Gasteiger partial charge in [0.1, 0.15) is 0 Å². The Hall–Kier alpha value is -0.220. The van der Waals surface area contributed by atoms with E-state index in [9.17, 15) is 4.79 Å². The Labute approximate surface area is 109 Å². The average Bonchev–Trinajstić information content (AvgIpc) is 2.26. The lowest BCUT2D eigenvalue weighted by Crippen LogP contribution is -2.43. The van der Waals surface area contributed by atoms with Crippen molar-refractivity contribution in [1.82, 2.24) is 5.32 Å². The van der Waals surface area contributed by atoms with Gasteiger partial charge in [-0.3, -0.25) is 4.79 Å².